The standard InChI is InChI=1S/C20H44NO5P/c1-5-6-7-8-9-10-11-12-13-14-17-24-18-15-19-25-27(22,23)26-20-16-21(2,3)4/h5-20H2,1-4H3. The summed E-state index contributed by atoms with van der Waals surface area (Å²) in [7, 11) is 1.75. The van der Waals surface area contributed by atoms with Gasteiger partial charge in [-0.25, -0.2) is 0 Å². The molecule has 7 heteroatoms. The number of nitrogens with zero attached hydrogens (tertiary/aromatic N) is 1. The minimum atomic E-state index is -4.18. The molecule has 0 heterocycles. The second kappa shape index (κ2) is 16.9. The van der Waals surface area contributed by atoms with E-state index in [1.165, 1.54) is 57.8 Å². The lowest BCUT2D eigenvalue weighted by atomic mass is 10.1. The van der Waals surface area contributed by atoms with E-state index in [0.717, 1.165) is 13.0 Å². The topological polar surface area (TPSA) is 67.8 Å². The summed E-state index contributed by atoms with van der Waals surface area (Å²) in [5.74, 6) is 0. The molecule has 0 aliphatic rings. The van der Waals surface area contributed by atoms with Gasteiger partial charge in [0.1, 0.15) is 13.2 Å². The Kier molecular flexibility index (Phi) is 17.0. The molecule has 0 aromatic rings. The summed E-state index contributed by atoms with van der Waals surface area (Å²) in [5, 5.41) is 0. The molecule has 0 saturated heterocycles. The van der Waals surface area contributed by atoms with Crippen LogP contribution >= 0.6 is 7.82 Å². The van der Waals surface area contributed by atoms with E-state index in [1.54, 1.807) is 0 Å². The van der Waals surface area contributed by atoms with Crippen molar-refractivity contribution in [3.05, 3.63) is 0 Å². The Morgan fingerprint density at radius 2 is 1.19 bits per heavy atom. The van der Waals surface area contributed by atoms with Crippen molar-refractivity contribution in [3.63, 3.8) is 0 Å². The number of quaternary nitrogens is 1. The van der Waals surface area contributed by atoms with Crippen molar-refractivity contribution in [2.24, 2.45) is 0 Å². The van der Waals surface area contributed by atoms with Crippen molar-refractivity contribution in [1.29, 1.82) is 0 Å². The predicted molar refractivity (Wildman–Crippen MR) is 110 cm³/mol. The van der Waals surface area contributed by atoms with Crippen LogP contribution in [0.1, 0.15) is 77.6 Å². The summed E-state index contributed by atoms with van der Waals surface area (Å²) in [5.41, 5.74) is 0. The van der Waals surface area contributed by atoms with Crippen LogP contribution in [0.5, 0.6) is 0 Å². The summed E-state index contributed by atoms with van der Waals surface area (Å²) >= 11 is 0. The lowest BCUT2D eigenvalue weighted by Crippen LogP contribution is -2.37. The maximum absolute atomic E-state index is 11.6. The number of rotatable bonds is 20. The van der Waals surface area contributed by atoms with E-state index in [0.29, 0.717) is 24.1 Å². The molecule has 0 aliphatic heterocycles. The fourth-order valence-electron chi connectivity index (χ4n) is 2.59. The highest BCUT2D eigenvalue weighted by Crippen LogP contribution is 2.38. The van der Waals surface area contributed by atoms with Gasteiger partial charge >= 0.3 is 0 Å². The smallest absolute Gasteiger partial charge is 0.268 e. The Labute approximate surface area is 167 Å². The minimum Gasteiger partial charge on any atom is -0.756 e. The summed E-state index contributed by atoms with van der Waals surface area (Å²) in [6.45, 7) is 4.38. The minimum absolute atomic E-state index is 0.114. The Bertz CT molecular complexity index is 374. The average molecular weight is 410 g/mol. The van der Waals surface area contributed by atoms with Gasteiger partial charge in [0.25, 0.3) is 7.82 Å². The number of phosphoric ester groups is 1. The fraction of sp³-hybridized carbons (Fsp3) is 1.00. The maximum Gasteiger partial charge on any atom is 0.268 e. The molecule has 0 rings (SSSR count). The second-order valence-electron chi connectivity index (χ2n) is 8.28. The highest BCUT2D eigenvalue weighted by molar-refractivity contribution is 7.45. The van der Waals surface area contributed by atoms with Gasteiger partial charge < -0.3 is 23.2 Å². The van der Waals surface area contributed by atoms with Crippen LogP contribution in [0, 0.1) is 0 Å². The lowest BCUT2D eigenvalue weighted by molar-refractivity contribution is -0.870. The van der Waals surface area contributed by atoms with E-state index in [4.69, 9.17) is 13.8 Å². The first-order valence-electron chi connectivity index (χ1n) is 10.7. The molecule has 6 nitrogen and oxygen atoms in total. The molecule has 0 aromatic carbocycles. The monoisotopic (exact) mass is 409 g/mol. The van der Waals surface area contributed by atoms with Crippen LogP contribution in [0.25, 0.3) is 0 Å². The second-order valence-corrected chi connectivity index (χ2v) is 9.69. The third-order valence-corrected chi connectivity index (χ3v) is 5.33. The van der Waals surface area contributed by atoms with E-state index in [-0.39, 0.29) is 13.2 Å². The Morgan fingerprint density at radius 3 is 1.74 bits per heavy atom. The number of ether oxygens (including phenoxy) is 1. The van der Waals surface area contributed by atoms with Crippen molar-refractivity contribution >= 4 is 7.82 Å². The van der Waals surface area contributed by atoms with Crippen molar-refractivity contribution in [1.82, 2.24) is 0 Å². The van der Waals surface area contributed by atoms with Gasteiger partial charge in [0.15, 0.2) is 0 Å². The van der Waals surface area contributed by atoms with E-state index >= 15 is 0 Å². The SMILES string of the molecule is CCCCCCCCCCCCOCCCOP(=O)([O-])OCC[N+](C)(C)C. The summed E-state index contributed by atoms with van der Waals surface area (Å²) < 4.78 is 27.5. The molecule has 164 valence electrons. The van der Waals surface area contributed by atoms with Crippen LogP contribution in [-0.2, 0) is 18.3 Å². The molecule has 1 atom stereocenters. The lowest BCUT2D eigenvalue weighted by Gasteiger charge is -2.27. The van der Waals surface area contributed by atoms with Crippen LogP contribution in [0.2, 0.25) is 0 Å². The third kappa shape index (κ3) is 22.2. The molecule has 0 spiro atoms. The van der Waals surface area contributed by atoms with Gasteiger partial charge in [0.2, 0.25) is 0 Å². The fourth-order valence-corrected chi connectivity index (χ4v) is 3.33. The Balaban J connectivity index is 3.31. The maximum atomic E-state index is 11.6. The molecule has 0 aliphatic carbocycles. The molecule has 0 radical (unpaired) electrons. The Morgan fingerprint density at radius 1 is 0.704 bits per heavy atom. The molecule has 27 heavy (non-hydrogen) atoms. The van der Waals surface area contributed by atoms with Crippen molar-refractivity contribution in [2.75, 3.05) is 54.1 Å². The number of unbranched alkanes of at least 4 members (excludes halogenated alkanes) is 9. The predicted octanol–water partition coefficient (Wildman–Crippen LogP) is 4.52. The largest absolute Gasteiger partial charge is 0.756 e. The molecule has 0 saturated carbocycles. The molecular weight excluding hydrogens is 365 g/mol. The molecule has 0 aromatic heterocycles. The normalized spacial score (nSPS) is 14.4. The van der Waals surface area contributed by atoms with E-state index in [9.17, 15) is 9.46 Å². The van der Waals surface area contributed by atoms with Crippen LogP contribution in [0.3, 0.4) is 0 Å². The molecule has 1 unspecified atom stereocenters. The van der Waals surface area contributed by atoms with Gasteiger partial charge in [0, 0.05) is 13.2 Å². The average Bonchev–Trinajstić information content (AvgIpc) is 2.57. The van der Waals surface area contributed by atoms with E-state index < -0.39 is 7.82 Å². The first-order valence-corrected chi connectivity index (χ1v) is 12.2. The van der Waals surface area contributed by atoms with Gasteiger partial charge in [-0.05, 0) is 12.8 Å². The van der Waals surface area contributed by atoms with E-state index in [1.807, 2.05) is 21.1 Å². The molecule has 0 fully saturated rings. The molecular formula is C20H44NO5P. The van der Waals surface area contributed by atoms with Crippen molar-refractivity contribution in [2.45, 2.75) is 77.6 Å². The first-order chi connectivity index (χ1) is 12.8. The number of phosphoric acid groups is 1. The molecule has 0 bridgehead atoms. The van der Waals surface area contributed by atoms with Crippen LogP contribution in [0.4, 0.5) is 0 Å². The summed E-state index contributed by atoms with van der Waals surface area (Å²) in [6.07, 6.45) is 13.6. The van der Waals surface area contributed by atoms with Crippen molar-refractivity contribution < 1.29 is 27.7 Å². The molecule has 0 amide bonds. The van der Waals surface area contributed by atoms with Gasteiger partial charge in [-0.15, -0.1) is 0 Å². The zero-order chi connectivity index (χ0) is 20.4. The zero-order valence-corrected chi connectivity index (χ0v) is 19.1. The van der Waals surface area contributed by atoms with E-state index in [2.05, 4.69) is 6.92 Å². The third-order valence-electron chi connectivity index (χ3n) is 4.34. The van der Waals surface area contributed by atoms with Crippen molar-refractivity contribution in [3.8, 4) is 0 Å². The van der Waals surface area contributed by atoms with Crippen LogP contribution in [0.15, 0.2) is 0 Å². The highest BCUT2D eigenvalue weighted by atomic mass is 31.2. The summed E-state index contributed by atoms with van der Waals surface area (Å²) in [6, 6.07) is 0. The summed E-state index contributed by atoms with van der Waals surface area (Å²) in [4.78, 5) is 11.6. The number of likely N-dealkylation sites (N-methyl/N-ethyl adjacent to an activating group) is 1. The number of hydrogen-bond donors (Lipinski definition) is 0. The number of hydrogen-bond acceptors (Lipinski definition) is 5. The van der Waals surface area contributed by atoms with Gasteiger partial charge in [-0.3, -0.25) is 4.57 Å². The Hall–Kier alpha value is 0.0300. The highest BCUT2D eigenvalue weighted by Gasteiger charge is 2.12. The quantitative estimate of drug-likeness (QED) is 0.168. The first kappa shape index (κ1) is 27.0. The van der Waals surface area contributed by atoms with Crippen LogP contribution in [-0.4, -0.2) is 58.6 Å². The van der Waals surface area contributed by atoms with Gasteiger partial charge in [-0.1, -0.05) is 64.7 Å². The molecule has 0 N–H and O–H groups in total. The van der Waals surface area contributed by atoms with Gasteiger partial charge in [0.05, 0.1) is 27.7 Å². The van der Waals surface area contributed by atoms with Crippen LogP contribution < -0.4 is 4.89 Å². The van der Waals surface area contributed by atoms with Gasteiger partial charge in [-0.2, -0.15) is 0 Å². The zero-order valence-electron chi connectivity index (χ0n) is 18.2.